The number of esters is 1. The maximum Gasteiger partial charge on any atom is 0.306 e. The van der Waals surface area contributed by atoms with Crippen molar-refractivity contribution in [1.82, 2.24) is 5.32 Å². The molecule has 0 spiro atoms. The number of aliphatic hydroxyl groups excluding tert-OH is 2. The van der Waals surface area contributed by atoms with Crippen LogP contribution in [0.15, 0.2) is 85.1 Å². The smallest absolute Gasteiger partial charge is 0.306 e. The predicted octanol–water partition coefficient (Wildman–Crippen LogP) is 14.4. The van der Waals surface area contributed by atoms with Crippen molar-refractivity contribution in [3.05, 3.63) is 85.1 Å². The van der Waals surface area contributed by atoms with Crippen molar-refractivity contribution in [1.29, 1.82) is 0 Å². The summed E-state index contributed by atoms with van der Waals surface area (Å²) in [5, 5.41) is 23.6. The topological polar surface area (TPSA) is 95.9 Å². The fourth-order valence-corrected chi connectivity index (χ4v) is 6.86. The van der Waals surface area contributed by atoms with Gasteiger partial charge in [0.25, 0.3) is 0 Å². The van der Waals surface area contributed by atoms with E-state index in [1.165, 1.54) is 89.9 Å². The predicted molar refractivity (Wildman–Crippen MR) is 254 cm³/mol. The lowest BCUT2D eigenvalue weighted by Gasteiger charge is -2.24. The van der Waals surface area contributed by atoms with Crippen molar-refractivity contribution in [3.63, 3.8) is 0 Å². The van der Waals surface area contributed by atoms with E-state index in [1.54, 1.807) is 0 Å². The number of carbonyl (C=O) groups excluding carboxylic acids is 2. The molecule has 0 bridgehead atoms. The molecule has 3 atom stereocenters. The molecule has 0 aliphatic heterocycles. The molecule has 1 amide bonds. The van der Waals surface area contributed by atoms with Crippen LogP contribution in [0.3, 0.4) is 0 Å². The maximum atomic E-state index is 13.1. The standard InChI is InChI=1S/C53H91NO5/c1-4-7-10-13-16-19-22-23-24-25-26-27-28-29-31-34-37-40-43-46-53(58)59-49(44-41-38-35-32-30-20-17-14-11-8-5-2)47-52(57)54-50(48-55)51(56)45-42-39-36-33-21-18-15-12-9-6-3/h8,11,14,16-17,19-20,23-24,26-27,30,32,35,49-51,55-56H,4-7,9-10,12-13,15,18,21-22,25,28-29,31,33-34,36-48H2,1-3H3,(H,54,57)/b11-8+,17-14+,19-16-,24-23-,27-26-,30-20-,35-32-. The fourth-order valence-electron chi connectivity index (χ4n) is 6.86. The molecule has 0 fully saturated rings. The van der Waals surface area contributed by atoms with Gasteiger partial charge in [-0.05, 0) is 77.0 Å². The quantitative estimate of drug-likeness (QED) is 0.0247. The van der Waals surface area contributed by atoms with Crippen molar-refractivity contribution in [2.75, 3.05) is 6.61 Å². The number of rotatable bonds is 42. The number of unbranched alkanes of at least 4 members (excludes halogenated alkanes) is 19. The first kappa shape index (κ1) is 56.0. The van der Waals surface area contributed by atoms with Crippen LogP contribution in [-0.4, -0.2) is 46.9 Å². The van der Waals surface area contributed by atoms with Gasteiger partial charge in [-0.3, -0.25) is 9.59 Å². The molecule has 0 aromatic rings. The van der Waals surface area contributed by atoms with Crippen molar-refractivity contribution in [3.8, 4) is 0 Å². The molecule has 0 radical (unpaired) electrons. The molecule has 3 N–H and O–H groups in total. The lowest BCUT2D eigenvalue weighted by Crippen LogP contribution is -2.46. The van der Waals surface area contributed by atoms with Crippen LogP contribution in [0.1, 0.15) is 213 Å². The van der Waals surface area contributed by atoms with Gasteiger partial charge in [-0.2, -0.15) is 0 Å². The van der Waals surface area contributed by atoms with E-state index in [2.05, 4.69) is 74.7 Å². The molecule has 59 heavy (non-hydrogen) atoms. The number of carbonyl (C=O) groups is 2. The van der Waals surface area contributed by atoms with E-state index < -0.39 is 18.2 Å². The SMILES string of the molecule is CC/C=C/C=C/C=C\C=C/CCCC(CC(=O)NC(CO)C(O)CCCCCCCCCCCC)OC(=O)CCCCCCCC/C=C\C/C=C\C/C=C\CCCCC. The van der Waals surface area contributed by atoms with Crippen LogP contribution in [0.5, 0.6) is 0 Å². The molecule has 3 unspecified atom stereocenters. The minimum atomic E-state index is -0.809. The van der Waals surface area contributed by atoms with Crippen molar-refractivity contribution in [2.45, 2.75) is 232 Å². The highest BCUT2D eigenvalue weighted by atomic mass is 16.5. The van der Waals surface area contributed by atoms with Crippen molar-refractivity contribution < 1.29 is 24.5 Å². The highest BCUT2D eigenvalue weighted by Crippen LogP contribution is 2.16. The summed E-state index contributed by atoms with van der Waals surface area (Å²) in [4.78, 5) is 26.0. The van der Waals surface area contributed by atoms with E-state index in [9.17, 15) is 19.8 Å². The summed E-state index contributed by atoms with van der Waals surface area (Å²) in [5.74, 6) is -0.564. The number of hydrogen-bond donors (Lipinski definition) is 3. The number of hydrogen-bond acceptors (Lipinski definition) is 5. The third-order valence-corrected chi connectivity index (χ3v) is 10.6. The zero-order valence-electron chi connectivity index (χ0n) is 38.4. The van der Waals surface area contributed by atoms with Gasteiger partial charge >= 0.3 is 5.97 Å². The Kier molecular flexibility index (Phi) is 43.8. The minimum Gasteiger partial charge on any atom is -0.462 e. The van der Waals surface area contributed by atoms with Crippen LogP contribution in [0.4, 0.5) is 0 Å². The van der Waals surface area contributed by atoms with E-state index in [4.69, 9.17) is 4.74 Å². The normalized spacial score (nSPS) is 14.1. The van der Waals surface area contributed by atoms with E-state index in [1.807, 2.05) is 36.5 Å². The third-order valence-electron chi connectivity index (χ3n) is 10.6. The molecule has 0 aromatic carbocycles. The molecule has 0 saturated heterocycles. The van der Waals surface area contributed by atoms with Crippen LogP contribution in [0.25, 0.3) is 0 Å². The van der Waals surface area contributed by atoms with Crippen LogP contribution >= 0.6 is 0 Å². The zero-order chi connectivity index (χ0) is 43.1. The van der Waals surface area contributed by atoms with Crippen molar-refractivity contribution in [2.24, 2.45) is 0 Å². The molecule has 0 saturated carbocycles. The molecule has 0 heterocycles. The van der Waals surface area contributed by atoms with Crippen molar-refractivity contribution >= 4 is 11.9 Å². The van der Waals surface area contributed by atoms with Crippen LogP contribution in [0, 0.1) is 0 Å². The summed E-state index contributed by atoms with van der Waals surface area (Å²) >= 11 is 0. The van der Waals surface area contributed by atoms with Gasteiger partial charge in [-0.25, -0.2) is 0 Å². The largest absolute Gasteiger partial charge is 0.462 e. The first-order chi connectivity index (χ1) is 29.0. The summed E-state index contributed by atoms with van der Waals surface area (Å²) in [5.41, 5.74) is 0. The third kappa shape index (κ3) is 41.6. The number of aliphatic hydroxyl groups is 2. The van der Waals surface area contributed by atoms with Crippen LogP contribution in [-0.2, 0) is 14.3 Å². The lowest BCUT2D eigenvalue weighted by molar-refractivity contribution is -0.151. The number of ether oxygens (including phenoxy) is 1. The summed E-state index contributed by atoms with van der Waals surface area (Å²) in [6, 6.07) is -0.728. The monoisotopic (exact) mass is 822 g/mol. The Bertz CT molecular complexity index is 1150. The molecule has 0 rings (SSSR count). The Balaban J connectivity index is 4.62. The van der Waals surface area contributed by atoms with Gasteiger partial charge in [0.1, 0.15) is 6.10 Å². The average Bonchev–Trinajstić information content (AvgIpc) is 3.23. The second kappa shape index (κ2) is 46.1. The molecular formula is C53H91NO5. The lowest BCUT2D eigenvalue weighted by atomic mass is 10.0. The Morgan fingerprint density at radius 2 is 1.00 bits per heavy atom. The second-order valence-corrected chi connectivity index (χ2v) is 16.2. The minimum absolute atomic E-state index is 0.0220. The van der Waals surface area contributed by atoms with Gasteiger partial charge in [0.15, 0.2) is 0 Å². The zero-order valence-corrected chi connectivity index (χ0v) is 38.4. The molecule has 0 aliphatic rings. The Hall–Kier alpha value is -2.96. The number of amides is 1. The molecule has 0 aromatic heterocycles. The summed E-state index contributed by atoms with van der Waals surface area (Å²) in [7, 11) is 0. The first-order valence-corrected chi connectivity index (χ1v) is 24.4. The highest BCUT2D eigenvalue weighted by Gasteiger charge is 2.24. The number of nitrogens with one attached hydrogen (secondary N) is 1. The number of allylic oxidation sites excluding steroid dienone is 14. The summed E-state index contributed by atoms with van der Waals surface area (Å²) in [6.45, 7) is 6.26. The first-order valence-electron chi connectivity index (χ1n) is 24.4. The second-order valence-electron chi connectivity index (χ2n) is 16.2. The average molecular weight is 822 g/mol. The summed E-state index contributed by atoms with van der Waals surface area (Å²) < 4.78 is 5.87. The van der Waals surface area contributed by atoms with Crippen LogP contribution in [0.2, 0.25) is 0 Å². The van der Waals surface area contributed by atoms with Gasteiger partial charge in [0.05, 0.1) is 25.2 Å². The van der Waals surface area contributed by atoms with E-state index in [-0.39, 0.29) is 24.9 Å². The van der Waals surface area contributed by atoms with E-state index >= 15 is 0 Å². The van der Waals surface area contributed by atoms with E-state index in [0.29, 0.717) is 19.3 Å². The van der Waals surface area contributed by atoms with Crippen LogP contribution < -0.4 is 5.32 Å². The van der Waals surface area contributed by atoms with Gasteiger partial charge < -0.3 is 20.3 Å². The fraction of sp³-hybridized carbons (Fsp3) is 0.698. The highest BCUT2D eigenvalue weighted by molar-refractivity contribution is 5.77. The maximum absolute atomic E-state index is 13.1. The molecule has 338 valence electrons. The molecule has 6 heteroatoms. The molecule has 6 nitrogen and oxygen atoms in total. The Morgan fingerprint density at radius 1 is 0.525 bits per heavy atom. The van der Waals surface area contributed by atoms with Gasteiger partial charge in [0, 0.05) is 6.42 Å². The van der Waals surface area contributed by atoms with E-state index in [0.717, 1.165) is 77.0 Å². The summed E-state index contributed by atoms with van der Waals surface area (Å²) in [6.07, 6.45) is 59.4. The Morgan fingerprint density at radius 3 is 1.59 bits per heavy atom. The van der Waals surface area contributed by atoms with Gasteiger partial charge in [-0.15, -0.1) is 0 Å². The van der Waals surface area contributed by atoms with Gasteiger partial charge in [0.2, 0.25) is 5.91 Å². The molecular weight excluding hydrogens is 731 g/mol. The Labute approximate surface area is 363 Å². The molecule has 0 aliphatic carbocycles. The van der Waals surface area contributed by atoms with Gasteiger partial charge in [-0.1, -0.05) is 209 Å².